The monoisotopic (exact) mass is 231 g/mol. The van der Waals surface area contributed by atoms with Gasteiger partial charge in [-0.1, -0.05) is 6.07 Å². The van der Waals surface area contributed by atoms with Crippen LogP contribution in [0.15, 0.2) is 12.1 Å². The van der Waals surface area contributed by atoms with Crippen molar-refractivity contribution in [3.05, 3.63) is 34.4 Å². The van der Waals surface area contributed by atoms with Gasteiger partial charge in [-0.05, 0) is 31.0 Å². The number of carbonyl (C=O) groups is 2. The van der Waals surface area contributed by atoms with Gasteiger partial charge in [0.2, 0.25) is 0 Å². The number of carbonyl (C=O) groups excluding carboxylic acids is 2. The summed E-state index contributed by atoms with van der Waals surface area (Å²) in [4.78, 5) is 22.2. The van der Waals surface area contributed by atoms with E-state index >= 15 is 0 Å². The van der Waals surface area contributed by atoms with E-state index < -0.39 is 5.97 Å². The van der Waals surface area contributed by atoms with Gasteiger partial charge in [0, 0.05) is 5.56 Å². The molecular weight excluding hydrogens is 218 g/mol. The summed E-state index contributed by atoms with van der Waals surface area (Å²) in [6.07, 6.45) is 0.732. The van der Waals surface area contributed by atoms with Gasteiger partial charge in [-0.15, -0.1) is 0 Å². The van der Waals surface area contributed by atoms with Crippen molar-refractivity contribution < 1.29 is 14.3 Å². The number of hydrogen-bond acceptors (Lipinski definition) is 4. The lowest BCUT2D eigenvalue weighted by Gasteiger charge is -2.09. The van der Waals surface area contributed by atoms with E-state index in [4.69, 9.17) is 10.00 Å². The van der Waals surface area contributed by atoms with Crippen LogP contribution >= 0.6 is 0 Å². The first kappa shape index (κ1) is 12.9. The number of hydrogen-bond donors (Lipinski definition) is 0. The highest BCUT2D eigenvalue weighted by Crippen LogP contribution is 2.18. The van der Waals surface area contributed by atoms with Gasteiger partial charge >= 0.3 is 5.97 Å². The second-order valence-electron chi connectivity index (χ2n) is 3.52. The molecule has 88 valence electrons. The van der Waals surface area contributed by atoms with Crippen molar-refractivity contribution in [1.29, 1.82) is 5.26 Å². The fourth-order valence-corrected chi connectivity index (χ4v) is 1.59. The smallest absolute Gasteiger partial charge is 0.310 e. The third-order valence-electron chi connectivity index (χ3n) is 2.51. The largest absolute Gasteiger partial charge is 0.466 e. The standard InChI is InChI=1S/C13H13NO3/c1-3-17-13(16)6-12-9(2)11(8-15)5-4-10(12)7-14/h4-5,8H,3,6H2,1-2H3. The fourth-order valence-electron chi connectivity index (χ4n) is 1.59. The maximum atomic E-state index is 11.4. The van der Waals surface area contributed by atoms with Crippen LogP contribution in [-0.2, 0) is 16.0 Å². The number of ether oxygens (including phenoxy) is 1. The van der Waals surface area contributed by atoms with Gasteiger partial charge in [-0.25, -0.2) is 0 Å². The van der Waals surface area contributed by atoms with Crippen molar-refractivity contribution in [2.45, 2.75) is 20.3 Å². The maximum Gasteiger partial charge on any atom is 0.310 e. The molecule has 0 amide bonds. The molecule has 0 heterocycles. The molecule has 0 aliphatic carbocycles. The molecule has 1 aromatic rings. The van der Waals surface area contributed by atoms with Crippen LogP contribution in [0.2, 0.25) is 0 Å². The summed E-state index contributed by atoms with van der Waals surface area (Å²) in [5.41, 5.74) is 2.12. The summed E-state index contributed by atoms with van der Waals surface area (Å²) in [6.45, 7) is 3.74. The van der Waals surface area contributed by atoms with E-state index in [0.29, 0.717) is 35.1 Å². The van der Waals surface area contributed by atoms with Gasteiger partial charge in [0.15, 0.2) is 0 Å². The molecule has 1 aromatic carbocycles. The van der Waals surface area contributed by atoms with E-state index in [-0.39, 0.29) is 6.42 Å². The molecule has 0 aliphatic rings. The first-order chi connectivity index (χ1) is 8.13. The molecule has 17 heavy (non-hydrogen) atoms. The number of benzene rings is 1. The highest BCUT2D eigenvalue weighted by Gasteiger charge is 2.13. The topological polar surface area (TPSA) is 67.2 Å². The Kier molecular flexibility index (Phi) is 4.41. The zero-order valence-electron chi connectivity index (χ0n) is 9.82. The molecule has 0 spiro atoms. The van der Waals surface area contributed by atoms with Crippen molar-refractivity contribution in [3.8, 4) is 6.07 Å². The third kappa shape index (κ3) is 2.91. The summed E-state index contributed by atoms with van der Waals surface area (Å²) >= 11 is 0. The Morgan fingerprint density at radius 1 is 1.53 bits per heavy atom. The normalized spacial score (nSPS) is 9.47. The number of nitriles is 1. The lowest BCUT2D eigenvalue weighted by atomic mass is 9.96. The number of nitrogens with zero attached hydrogens (tertiary/aromatic N) is 1. The van der Waals surface area contributed by atoms with Gasteiger partial charge in [-0.2, -0.15) is 5.26 Å². The quantitative estimate of drug-likeness (QED) is 0.585. The predicted molar refractivity (Wildman–Crippen MR) is 61.6 cm³/mol. The Morgan fingerprint density at radius 2 is 2.24 bits per heavy atom. The molecule has 0 unspecified atom stereocenters. The van der Waals surface area contributed by atoms with Crippen LogP contribution < -0.4 is 0 Å². The minimum Gasteiger partial charge on any atom is -0.466 e. The van der Waals surface area contributed by atoms with Crippen molar-refractivity contribution >= 4 is 12.3 Å². The van der Waals surface area contributed by atoms with E-state index in [1.165, 1.54) is 0 Å². The molecule has 4 nitrogen and oxygen atoms in total. The van der Waals surface area contributed by atoms with Crippen LogP contribution in [0.3, 0.4) is 0 Å². The SMILES string of the molecule is CCOC(=O)Cc1c(C#N)ccc(C=O)c1C. The zero-order valence-corrected chi connectivity index (χ0v) is 9.82. The van der Waals surface area contributed by atoms with E-state index in [0.717, 1.165) is 0 Å². The predicted octanol–water partition coefficient (Wildman–Crippen LogP) is 1.78. The minimum absolute atomic E-state index is 0.0181. The molecule has 4 heteroatoms. The van der Waals surface area contributed by atoms with Crippen molar-refractivity contribution in [1.82, 2.24) is 0 Å². The van der Waals surface area contributed by atoms with E-state index in [9.17, 15) is 9.59 Å². The highest BCUT2D eigenvalue weighted by atomic mass is 16.5. The van der Waals surface area contributed by atoms with Crippen molar-refractivity contribution in [2.75, 3.05) is 6.61 Å². The second kappa shape index (κ2) is 5.80. The first-order valence-electron chi connectivity index (χ1n) is 5.27. The number of rotatable bonds is 4. The average Bonchev–Trinajstić information content (AvgIpc) is 2.32. The van der Waals surface area contributed by atoms with Crippen LogP contribution in [-0.4, -0.2) is 18.9 Å². The summed E-state index contributed by atoms with van der Waals surface area (Å²) in [5.74, 6) is -0.393. The zero-order chi connectivity index (χ0) is 12.8. The minimum atomic E-state index is -0.393. The van der Waals surface area contributed by atoms with Crippen LogP contribution in [0, 0.1) is 18.3 Å². The van der Waals surface area contributed by atoms with Gasteiger partial charge in [0.25, 0.3) is 0 Å². The maximum absolute atomic E-state index is 11.4. The van der Waals surface area contributed by atoms with Crippen LogP contribution in [0.1, 0.15) is 34.0 Å². The van der Waals surface area contributed by atoms with Crippen molar-refractivity contribution in [3.63, 3.8) is 0 Å². The lowest BCUT2D eigenvalue weighted by molar-refractivity contribution is -0.142. The first-order valence-corrected chi connectivity index (χ1v) is 5.27. The highest BCUT2D eigenvalue weighted by molar-refractivity contribution is 5.81. The Labute approximate surface area is 99.8 Å². The molecule has 0 aromatic heterocycles. The van der Waals surface area contributed by atoms with E-state index in [1.54, 1.807) is 26.0 Å². The molecule has 0 radical (unpaired) electrons. The number of esters is 1. The summed E-state index contributed by atoms with van der Waals surface area (Å²) in [6, 6.07) is 5.14. The van der Waals surface area contributed by atoms with E-state index in [1.807, 2.05) is 6.07 Å². The molecule has 0 atom stereocenters. The van der Waals surface area contributed by atoms with Gasteiger partial charge in [0.05, 0.1) is 24.7 Å². The molecule has 0 N–H and O–H groups in total. The molecule has 0 fully saturated rings. The second-order valence-corrected chi connectivity index (χ2v) is 3.52. The average molecular weight is 231 g/mol. The Bertz CT molecular complexity index is 486. The van der Waals surface area contributed by atoms with Gasteiger partial charge in [-0.3, -0.25) is 9.59 Å². The molecule has 0 saturated heterocycles. The summed E-state index contributed by atoms with van der Waals surface area (Å²) < 4.78 is 4.84. The van der Waals surface area contributed by atoms with Crippen LogP contribution in [0.5, 0.6) is 0 Å². The molecule has 0 bridgehead atoms. The molecule has 0 aliphatic heterocycles. The lowest BCUT2D eigenvalue weighted by Crippen LogP contribution is -2.11. The summed E-state index contributed by atoms with van der Waals surface area (Å²) in [5, 5.41) is 8.96. The molecule has 0 saturated carbocycles. The van der Waals surface area contributed by atoms with Gasteiger partial charge < -0.3 is 4.74 Å². The van der Waals surface area contributed by atoms with Crippen LogP contribution in [0.25, 0.3) is 0 Å². The summed E-state index contributed by atoms with van der Waals surface area (Å²) in [7, 11) is 0. The van der Waals surface area contributed by atoms with Crippen molar-refractivity contribution in [2.24, 2.45) is 0 Å². The Balaban J connectivity index is 3.15. The molecule has 1 rings (SSSR count). The Morgan fingerprint density at radius 3 is 2.76 bits per heavy atom. The van der Waals surface area contributed by atoms with E-state index in [2.05, 4.69) is 0 Å². The fraction of sp³-hybridized carbons (Fsp3) is 0.308. The van der Waals surface area contributed by atoms with Gasteiger partial charge in [0.1, 0.15) is 6.29 Å². The van der Waals surface area contributed by atoms with Crippen LogP contribution in [0.4, 0.5) is 0 Å². The number of aldehydes is 1. The molecular formula is C13H13NO3. The third-order valence-corrected chi connectivity index (χ3v) is 2.51. The Hall–Kier alpha value is -2.15.